The highest BCUT2D eigenvalue weighted by Crippen LogP contribution is 2.15. The van der Waals surface area contributed by atoms with E-state index in [2.05, 4.69) is 15.0 Å². The van der Waals surface area contributed by atoms with Gasteiger partial charge in [0.25, 0.3) is 0 Å². The molecule has 2 aromatic heterocycles. The molecule has 0 fully saturated rings. The highest BCUT2D eigenvalue weighted by Gasteiger charge is 2.06. The van der Waals surface area contributed by atoms with E-state index in [4.69, 9.17) is 10.8 Å². The van der Waals surface area contributed by atoms with Crippen molar-refractivity contribution in [2.45, 2.75) is 51.5 Å². The van der Waals surface area contributed by atoms with Crippen LogP contribution in [-0.2, 0) is 6.54 Å². The van der Waals surface area contributed by atoms with Crippen LogP contribution in [-0.4, -0.2) is 31.2 Å². The molecule has 0 radical (unpaired) electrons. The van der Waals surface area contributed by atoms with Crippen LogP contribution in [0.1, 0.15) is 44.9 Å². The number of imidazole rings is 1. The van der Waals surface area contributed by atoms with Crippen LogP contribution in [0, 0.1) is 0 Å². The van der Waals surface area contributed by atoms with Crippen molar-refractivity contribution < 1.29 is 5.11 Å². The summed E-state index contributed by atoms with van der Waals surface area (Å²) in [7, 11) is 0. The van der Waals surface area contributed by atoms with Crippen molar-refractivity contribution in [2.75, 3.05) is 12.3 Å². The molecule has 20 heavy (non-hydrogen) atoms. The van der Waals surface area contributed by atoms with Gasteiger partial charge in [0.2, 0.25) is 0 Å². The monoisotopic (exact) mass is 277 g/mol. The SMILES string of the molecule is Nc1ncnc2c1ncn2CCCCCCCCCO. The van der Waals surface area contributed by atoms with Crippen LogP contribution in [0.4, 0.5) is 5.82 Å². The van der Waals surface area contributed by atoms with Gasteiger partial charge in [0.1, 0.15) is 11.8 Å². The fraction of sp³-hybridized carbons (Fsp3) is 0.643. The Kier molecular flexibility index (Phi) is 5.73. The molecule has 0 aliphatic rings. The van der Waals surface area contributed by atoms with E-state index in [1.54, 1.807) is 6.33 Å². The molecule has 6 heteroatoms. The number of hydrogen-bond donors (Lipinski definition) is 2. The summed E-state index contributed by atoms with van der Waals surface area (Å²) in [5, 5.41) is 8.69. The molecule has 2 rings (SSSR count). The van der Waals surface area contributed by atoms with Gasteiger partial charge in [-0.25, -0.2) is 15.0 Å². The maximum atomic E-state index is 8.69. The van der Waals surface area contributed by atoms with Gasteiger partial charge in [-0.3, -0.25) is 0 Å². The third-order valence-electron chi connectivity index (χ3n) is 3.49. The van der Waals surface area contributed by atoms with Crippen molar-refractivity contribution in [2.24, 2.45) is 0 Å². The molecule has 0 bridgehead atoms. The van der Waals surface area contributed by atoms with Crippen LogP contribution in [0.25, 0.3) is 11.2 Å². The first-order chi connectivity index (χ1) is 9.83. The first-order valence-corrected chi connectivity index (χ1v) is 7.35. The van der Waals surface area contributed by atoms with E-state index in [1.165, 1.54) is 32.0 Å². The molecule has 6 nitrogen and oxygen atoms in total. The fourth-order valence-corrected chi connectivity index (χ4v) is 2.34. The number of aliphatic hydroxyl groups is 1. The van der Waals surface area contributed by atoms with Crippen LogP contribution in [0.3, 0.4) is 0 Å². The number of nitrogen functional groups attached to an aromatic ring is 1. The van der Waals surface area contributed by atoms with E-state index in [-0.39, 0.29) is 0 Å². The summed E-state index contributed by atoms with van der Waals surface area (Å²) in [4.78, 5) is 12.4. The summed E-state index contributed by atoms with van der Waals surface area (Å²) in [6.45, 7) is 1.24. The lowest BCUT2D eigenvalue weighted by Crippen LogP contribution is -1.99. The van der Waals surface area contributed by atoms with Crippen molar-refractivity contribution in [3.63, 3.8) is 0 Å². The number of anilines is 1. The number of unbranched alkanes of at least 4 members (excludes halogenated alkanes) is 6. The zero-order valence-electron chi connectivity index (χ0n) is 11.8. The zero-order chi connectivity index (χ0) is 14.2. The minimum Gasteiger partial charge on any atom is -0.396 e. The van der Waals surface area contributed by atoms with E-state index < -0.39 is 0 Å². The molecular weight excluding hydrogens is 254 g/mol. The number of aliphatic hydroxyl groups excluding tert-OH is 1. The Hall–Kier alpha value is -1.69. The third kappa shape index (κ3) is 3.90. The van der Waals surface area contributed by atoms with Crippen molar-refractivity contribution in [1.82, 2.24) is 19.5 Å². The Morgan fingerprint density at radius 2 is 1.65 bits per heavy atom. The van der Waals surface area contributed by atoms with E-state index in [1.807, 2.05) is 4.57 Å². The summed E-state index contributed by atoms with van der Waals surface area (Å²) in [6.07, 6.45) is 11.4. The van der Waals surface area contributed by atoms with Gasteiger partial charge >= 0.3 is 0 Å². The summed E-state index contributed by atoms with van der Waals surface area (Å²) < 4.78 is 2.04. The Morgan fingerprint density at radius 3 is 2.40 bits per heavy atom. The van der Waals surface area contributed by atoms with Gasteiger partial charge in [0.15, 0.2) is 11.5 Å². The third-order valence-corrected chi connectivity index (χ3v) is 3.49. The maximum absolute atomic E-state index is 8.69. The largest absolute Gasteiger partial charge is 0.396 e. The molecule has 0 saturated carbocycles. The molecule has 0 amide bonds. The van der Waals surface area contributed by atoms with E-state index in [9.17, 15) is 0 Å². The van der Waals surface area contributed by atoms with Crippen molar-refractivity contribution in [3.8, 4) is 0 Å². The predicted molar refractivity (Wildman–Crippen MR) is 79.1 cm³/mol. The lowest BCUT2D eigenvalue weighted by Gasteiger charge is -2.04. The van der Waals surface area contributed by atoms with Gasteiger partial charge in [-0.1, -0.05) is 32.1 Å². The molecule has 2 heterocycles. The van der Waals surface area contributed by atoms with Crippen molar-refractivity contribution >= 4 is 17.0 Å². The van der Waals surface area contributed by atoms with Crippen LogP contribution < -0.4 is 5.73 Å². The van der Waals surface area contributed by atoms with E-state index in [0.29, 0.717) is 17.9 Å². The topological polar surface area (TPSA) is 89.9 Å². The normalized spacial score (nSPS) is 11.2. The number of rotatable bonds is 9. The highest BCUT2D eigenvalue weighted by molar-refractivity contribution is 5.80. The first kappa shape index (κ1) is 14.7. The second-order valence-electron chi connectivity index (χ2n) is 5.07. The number of nitrogens with zero attached hydrogens (tertiary/aromatic N) is 4. The second-order valence-corrected chi connectivity index (χ2v) is 5.07. The number of aromatic nitrogens is 4. The maximum Gasteiger partial charge on any atom is 0.165 e. The Bertz CT molecular complexity index is 525. The molecule has 0 saturated heterocycles. The van der Waals surface area contributed by atoms with Gasteiger partial charge in [-0.15, -0.1) is 0 Å². The highest BCUT2D eigenvalue weighted by atomic mass is 16.2. The molecule has 110 valence electrons. The van der Waals surface area contributed by atoms with E-state index >= 15 is 0 Å². The average Bonchev–Trinajstić information content (AvgIpc) is 2.87. The molecule has 2 aromatic rings. The Morgan fingerprint density at radius 1 is 0.950 bits per heavy atom. The first-order valence-electron chi connectivity index (χ1n) is 7.35. The number of aryl methyl sites for hydroxylation is 1. The molecule has 0 atom stereocenters. The standard InChI is InChI=1S/C14H23N5O/c15-13-12-14(17-10-16-13)19(11-18-12)8-6-4-2-1-3-5-7-9-20/h10-11,20H,1-9H2,(H2,15,16,17). The lowest BCUT2D eigenvalue weighted by atomic mass is 10.1. The minimum atomic E-state index is 0.318. The minimum absolute atomic E-state index is 0.318. The van der Waals surface area contributed by atoms with Crippen LogP contribution in [0.5, 0.6) is 0 Å². The number of fused-ring (bicyclic) bond motifs is 1. The molecule has 0 aliphatic carbocycles. The molecule has 0 aromatic carbocycles. The van der Waals surface area contributed by atoms with Gasteiger partial charge < -0.3 is 15.4 Å². The van der Waals surface area contributed by atoms with Crippen LogP contribution >= 0.6 is 0 Å². The zero-order valence-corrected chi connectivity index (χ0v) is 11.8. The molecule has 0 unspecified atom stereocenters. The Balaban J connectivity index is 1.70. The lowest BCUT2D eigenvalue weighted by molar-refractivity contribution is 0.282. The van der Waals surface area contributed by atoms with Crippen LogP contribution in [0.15, 0.2) is 12.7 Å². The van der Waals surface area contributed by atoms with Gasteiger partial charge in [-0.05, 0) is 12.8 Å². The molecular formula is C14H23N5O. The molecule has 0 aliphatic heterocycles. The van der Waals surface area contributed by atoms with Gasteiger partial charge in [-0.2, -0.15) is 0 Å². The number of nitrogens with two attached hydrogens (primary N) is 1. The predicted octanol–water partition coefficient (Wildman–Crippen LogP) is 2.13. The summed E-state index contributed by atoms with van der Waals surface area (Å²) >= 11 is 0. The molecule has 3 N–H and O–H groups in total. The quantitative estimate of drug-likeness (QED) is 0.685. The number of hydrogen-bond acceptors (Lipinski definition) is 5. The van der Waals surface area contributed by atoms with Gasteiger partial charge in [0.05, 0.1) is 6.33 Å². The smallest absolute Gasteiger partial charge is 0.165 e. The van der Waals surface area contributed by atoms with Crippen LogP contribution in [0.2, 0.25) is 0 Å². The second kappa shape index (κ2) is 7.79. The van der Waals surface area contributed by atoms with E-state index in [0.717, 1.165) is 31.5 Å². The molecule has 0 spiro atoms. The summed E-state index contributed by atoms with van der Waals surface area (Å²) in [5.41, 5.74) is 7.27. The Labute approximate surface area is 119 Å². The van der Waals surface area contributed by atoms with Crippen molar-refractivity contribution in [3.05, 3.63) is 12.7 Å². The average molecular weight is 277 g/mol. The van der Waals surface area contributed by atoms with Crippen molar-refractivity contribution in [1.29, 1.82) is 0 Å². The summed E-state index contributed by atoms with van der Waals surface area (Å²) in [5.74, 6) is 0.442. The summed E-state index contributed by atoms with van der Waals surface area (Å²) in [6, 6.07) is 0. The van der Waals surface area contributed by atoms with Gasteiger partial charge in [0, 0.05) is 13.2 Å². The fourth-order valence-electron chi connectivity index (χ4n) is 2.34.